The number of para-hydroxylation sites is 1. The molecule has 0 aliphatic heterocycles. The molecule has 30 heavy (non-hydrogen) atoms. The highest BCUT2D eigenvalue weighted by Gasteiger charge is 2.20. The molecule has 0 bridgehead atoms. The first-order valence-electron chi connectivity index (χ1n) is 9.42. The second kappa shape index (κ2) is 8.96. The van der Waals surface area contributed by atoms with Crippen LogP contribution >= 0.6 is 22.9 Å². The Labute approximate surface area is 185 Å². The molecule has 0 saturated heterocycles. The van der Waals surface area contributed by atoms with E-state index in [4.69, 9.17) is 17.0 Å². The number of carbonyl (C=O) groups is 1. The summed E-state index contributed by atoms with van der Waals surface area (Å²) in [6, 6.07) is 18.7. The van der Waals surface area contributed by atoms with Gasteiger partial charge in [-0.25, -0.2) is 0 Å². The van der Waals surface area contributed by atoms with Gasteiger partial charge in [-0.3, -0.25) is 4.79 Å². The largest absolute Gasteiger partial charge is 0.384 e. The van der Waals surface area contributed by atoms with Gasteiger partial charge in [-0.05, 0) is 51.1 Å². The third kappa shape index (κ3) is 5.05. The summed E-state index contributed by atoms with van der Waals surface area (Å²) in [5.41, 5.74) is 1.67. The standard InChI is InChI=1S/C24H23ClN2O2S/c1-15(28)16-8-4-5-9-17(16)21-12-13-22(30-21)20(14-23(26)24(2,3)29)27-19-11-7-6-10-18(19)25/h4-14,26-27,29H,1-3H3/b20-14-,26-23?. The number of carbonyl (C=O) groups excluding carboxylic acids is 1. The van der Waals surface area contributed by atoms with Gasteiger partial charge in [0, 0.05) is 16.0 Å². The van der Waals surface area contributed by atoms with E-state index < -0.39 is 5.60 Å². The van der Waals surface area contributed by atoms with Crippen molar-refractivity contribution < 1.29 is 9.90 Å². The number of hydrogen-bond acceptors (Lipinski definition) is 5. The maximum absolute atomic E-state index is 12.0. The van der Waals surface area contributed by atoms with Gasteiger partial charge in [-0.15, -0.1) is 11.3 Å². The number of hydrogen-bond donors (Lipinski definition) is 3. The molecule has 0 aliphatic carbocycles. The van der Waals surface area contributed by atoms with Gasteiger partial charge < -0.3 is 15.8 Å². The highest BCUT2D eigenvalue weighted by atomic mass is 35.5. The van der Waals surface area contributed by atoms with E-state index in [0.29, 0.717) is 22.0 Å². The summed E-state index contributed by atoms with van der Waals surface area (Å²) < 4.78 is 0. The van der Waals surface area contributed by atoms with E-state index in [1.54, 1.807) is 32.9 Å². The number of anilines is 1. The van der Waals surface area contributed by atoms with Crippen LogP contribution in [0.2, 0.25) is 5.02 Å². The van der Waals surface area contributed by atoms with Crippen LogP contribution in [0.5, 0.6) is 0 Å². The first-order valence-corrected chi connectivity index (χ1v) is 10.6. The van der Waals surface area contributed by atoms with Crippen LogP contribution in [0.3, 0.4) is 0 Å². The molecule has 0 fully saturated rings. The quantitative estimate of drug-likeness (QED) is 0.290. The van der Waals surface area contributed by atoms with Crippen LogP contribution in [-0.2, 0) is 0 Å². The number of Topliss-reactive ketones (excluding diaryl/α,β-unsaturated/α-hetero) is 1. The molecular weight excluding hydrogens is 416 g/mol. The normalized spacial score (nSPS) is 12.0. The van der Waals surface area contributed by atoms with Crippen molar-refractivity contribution >= 4 is 45.8 Å². The average molecular weight is 439 g/mol. The lowest BCUT2D eigenvalue weighted by Gasteiger charge is -2.18. The molecular formula is C24H23ClN2O2S. The fourth-order valence-electron chi connectivity index (χ4n) is 2.83. The van der Waals surface area contributed by atoms with Crippen molar-refractivity contribution in [2.24, 2.45) is 0 Å². The van der Waals surface area contributed by atoms with E-state index in [2.05, 4.69) is 5.32 Å². The molecule has 0 saturated carbocycles. The topological polar surface area (TPSA) is 73.2 Å². The molecule has 3 rings (SSSR count). The lowest BCUT2D eigenvalue weighted by Crippen LogP contribution is -2.29. The maximum atomic E-state index is 12.0. The van der Waals surface area contributed by atoms with Crippen LogP contribution in [0, 0.1) is 5.41 Å². The predicted octanol–water partition coefficient (Wildman–Crippen LogP) is 6.51. The Balaban J connectivity index is 2.05. The van der Waals surface area contributed by atoms with Crippen LogP contribution in [0.4, 0.5) is 5.69 Å². The molecule has 0 amide bonds. The van der Waals surface area contributed by atoms with Gasteiger partial charge in [0.05, 0.1) is 27.0 Å². The highest BCUT2D eigenvalue weighted by Crippen LogP contribution is 2.35. The lowest BCUT2D eigenvalue weighted by molar-refractivity contribution is 0.101. The smallest absolute Gasteiger partial charge is 0.160 e. The van der Waals surface area contributed by atoms with Gasteiger partial charge in [-0.1, -0.05) is 48.0 Å². The van der Waals surface area contributed by atoms with E-state index in [1.165, 1.54) is 11.3 Å². The molecule has 1 aromatic heterocycles. The molecule has 154 valence electrons. The molecule has 1 heterocycles. The van der Waals surface area contributed by atoms with E-state index in [0.717, 1.165) is 15.3 Å². The lowest BCUT2D eigenvalue weighted by atomic mass is 10.0. The molecule has 3 aromatic rings. The van der Waals surface area contributed by atoms with E-state index in [-0.39, 0.29) is 11.5 Å². The number of rotatable bonds is 7. The minimum atomic E-state index is -1.28. The number of halogens is 1. The zero-order valence-corrected chi connectivity index (χ0v) is 18.6. The Morgan fingerprint density at radius 3 is 2.43 bits per heavy atom. The number of nitrogens with one attached hydrogen (secondary N) is 2. The molecule has 3 N–H and O–H groups in total. The van der Waals surface area contributed by atoms with Gasteiger partial charge in [0.25, 0.3) is 0 Å². The highest BCUT2D eigenvalue weighted by molar-refractivity contribution is 7.16. The van der Waals surface area contributed by atoms with Crippen LogP contribution in [0.25, 0.3) is 16.1 Å². The van der Waals surface area contributed by atoms with Gasteiger partial charge in [-0.2, -0.15) is 0 Å². The van der Waals surface area contributed by atoms with Gasteiger partial charge in [0.2, 0.25) is 0 Å². The third-order valence-electron chi connectivity index (χ3n) is 4.53. The Bertz CT molecular complexity index is 1130. The summed E-state index contributed by atoms with van der Waals surface area (Å²) in [7, 11) is 0. The number of aliphatic hydroxyl groups is 1. The Hall–Kier alpha value is -2.73. The zero-order valence-electron chi connectivity index (χ0n) is 17.0. The second-order valence-electron chi connectivity index (χ2n) is 7.40. The third-order valence-corrected chi connectivity index (χ3v) is 6.02. The predicted molar refractivity (Wildman–Crippen MR) is 127 cm³/mol. The van der Waals surface area contributed by atoms with Gasteiger partial charge in [0.1, 0.15) is 5.60 Å². The first kappa shape index (κ1) is 22.0. The van der Waals surface area contributed by atoms with Crippen molar-refractivity contribution in [2.45, 2.75) is 26.4 Å². The minimum Gasteiger partial charge on any atom is -0.384 e. The van der Waals surface area contributed by atoms with Gasteiger partial charge in [0.15, 0.2) is 5.78 Å². The first-order chi connectivity index (χ1) is 14.2. The molecule has 0 unspecified atom stereocenters. The zero-order chi connectivity index (χ0) is 21.9. The summed E-state index contributed by atoms with van der Waals surface area (Å²) in [6.45, 7) is 4.70. The number of ketones is 1. The van der Waals surface area contributed by atoms with Crippen LogP contribution in [-0.4, -0.2) is 22.2 Å². The van der Waals surface area contributed by atoms with Crippen molar-refractivity contribution in [1.82, 2.24) is 0 Å². The fourth-order valence-corrected chi connectivity index (χ4v) is 4.03. The molecule has 6 heteroatoms. The molecule has 2 aromatic carbocycles. The summed E-state index contributed by atoms with van der Waals surface area (Å²) >= 11 is 7.81. The summed E-state index contributed by atoms with van der Waals surface area (Å²) in [5, 5.41) is 22.3. The molecule has 4 nitrogen and oxygen atoms in total. The summed E-state index contributed by atoms with van der Waals surface area (Å²) in [6.07, 6.45) is 1.61. The molecule has 0 spiro atoms. The minimum absolute atomic E-state index is 0.00863. The number of thiophene rings is 1. The average Bonchev–Trinajstić information content (AvgIpc) is 3.18. The van der Waals surface area contributed by atoms with Crippen molar-refractivity contribution in [3.05, 3.63) is 82.2 Å². The van der Waals surface area contributed by atoms with Crippen molar-refractivity contribution in [2.75, 3.05) is 5.32 Å². The van der Waals surface area contributed by atoms with E-state index in [1.807, 2.05) is 54.6 Å². The summed E-state index contributed by atoms with van der Waals surface area (Å²) in [5.74, 6) is 0.00863. The van der Waals surface area contributed by atoms with Crippen molar-refractivity contribution in [3.8, 4) is 10.4 Å². The van der Waals surface area contributed by atoms with Crippen LogP contribution in [0.15, 0.2) is 66.7 Å². The molecule has 0 atom stereocenters. The number of benzene rings is 2. The Kier molecular flexibility index (Phi) is 6.56. The van der Waals surface area contributed by atoms with Crippen molar-refractivity contribution in [3.63, 3.8) is 0 Å². The Morgan fingerprint density at radius 1 is 1.10 bits per heavy atom. The fraction of sp³-hybridized carbons (Fsp3) is 0.167. The molecule has 0 radical (unpaired) electrons. The van der Waals surface area contributed by atoms with Crippen molar-refractivity contribution in [1.29, 1.82) is 5.41 Å². The monoisotopic (exact) mass is 438 g/mol. The maximum Gasteiger partial charge on any atom is 0.160 e. The van der Waals surface area contributed by atoms with E-state index in [9.17, 15) is 9.90 Å². The van der Waals surface area contributed by atoms with Crippen LogP contribution < -0.4 is 5.32 Å². The van der Waals surface area contributed by atoms with Crippen LogP contribution in [0.1, 0.15) is 36.0 Å². The second-order valence-corrected chi connectivity index (χ2v) is 8.89. The molecule has 0 aliphatic rings. The SMILES string of the molecule is CC(=O)c1ccccc1-c1ccc(/C(=C/C(=N)C(C)(C)O)Nc2ccccc2Cl)s1. The van der Waals surface area contributed by atoms with E-state index >= 15 is 0 Å². The van der Waals surface area contributed by atoms with Gasteiger partial charge >= 0.3 is 0 Å². The Morgan fingerprint density at radius 2 is 1.77 bits per heavy atom. The summed E-state index contributed by atoms with van der Waals surface area (Å²) in [4.78, 5) is 13.8.